The van der Waals surface area contributed by atoms with E-state index in [2.05, 4.69) is 15.5 Å². The second kappa shape index (κ2) is 7.49. The van der Waals surface area contributed by atoms with Gasteiger partial charge in [-0.15, -0.1) is 11.8 Å². The van der Waals surface area contributed by atoms with Crippen LogP contribution in [0.4, 0.5) is 0 Å². The predicted molar refractivity (Wildman–Crippen MR) is 105 cm³/mol. The minimum Gasteiger partial charge on any atom is -0.267 e. The standard InChI is InChI=1S/C20H19N3OS/c1-13-5-4-6-16-11-18(14(2)22-19(13)16)20(24)23-21-12-15-7-9-17(25-3)10-8-15/h4-12H,1-3H3,(H,23,24). The third-order valence-corrected chi connectivity index (χ3v) is 4.72. The van der Waals surface area contributed by atoms with Gasteiger partial charge in [-0.05, 0) is 49.4 Å². The number of amides is 1. The lowest BCUT2D eigenvalue weighted by Crippen LogP contribution is -2.19. The number of hydrogen-bond acceptors (Lipinski definition) is 4. The fraction of sp³-hybridized carbons (Fsp3) is 0.150. The maximum Gasteiger partial charge on any atom is 0.273 e. The van der Waals surface area contributed by atoms with Crippen LogP contribution in [0, 0.1) is 13.8 Å². The maximum atomic E-state index is 12.4. The second-order valence-electron chi connectivity index (χ2n) is 5.74. The molecule has 1 aromatic heterocycles. The van der Waals surface area contributed by atoms with Crippen molar-refractivity contribution in [2.24, 2.45) is 5.10 Å². The van der Waals surface area contributed by atoms with E-state index in [0.29, 0.717) is 11.3 Å². The summed E-state index contributed by atoms with van der Waals surface area (Å²) in [5.41, 5.74) is 6.76. The van der Waals surface area contributed by atoms with Crippen molar-refractivity contribution in [3.63, 3.8) is 0 Å². The molecule has 0 radical (unpaired) electrons. The van der Waals surface area contributed by atoms with Crippen LogP contribution in [0.15, 0.2) is 58.5 Å². The quantitative estimate of drug-likeness (QED) is 0.433. The SMILES string of the molecule is CSc1ccc(C=NNC(=O)c2cc3cccc(C)c3nc2C)cc1. The molecule has 25 heavy (non-hydrogen) atoms. The Bertz CT molecular complexity index is 949. The van der Waals surface area contributed by atoms with Gasteiger partial charge in [-0.2, -0.15) is 5.10 Å². The van der Waals surface area contributed by atoms with Gasteiger partial charge in [0, 0.05) is 10.3 Å². The summed E-state index contributed by atoms with van der Waals surface area (Å²) < 4.78 is 0. The summed E-state index contributed by atoms with van der Waals surface area (Å²) in [6.07, 6.45) is 3.67. The lowest BCUT2D eigenvalue weighted by Gasteiger charge is -2.07. The van der Waals surface area contributed by atoms with Gasteiger partial charge in [0.25, 0.3) is 5.91 Å². The van der Waals surface area contributed by atoms with E-state index >= 15 is 0 Å². The van der Waals surface area contributed by atoms with E-state index in [0.717, 1.165) is 22.0 Å². The normalized spacial score (nSPS) is 11.2. The van der Waals surface area contributed by atoms with Gasteiger partial charge in [0.05, 0.1) is 23.0 Å². The average Bonchev–Trinajstić information content (AvgIpc) is 2.62. The smallest absolute Gasteiger partial charge is 0.267 e. The summed E-state index contributed by atoms with van der Waals surface area (Å²) in [6, 6.07) is 15.8. The number of hydrogen-bond donors (Lipinski definition) is 1. The number of para-hydroxylation sites is 1. The monoisotopic (exact) mass is 349 g/mol. The van der Waals surface area contributed by atoms with Crippen LogP contribution in [-0.2, 0) is 0 Å². The van der Waals surface area contributed by atoms with Gasteiger partial charge >= 0.3 is 0 Å². The van der Waals surface area contributed by atoms with Crippen molar-refractivity contribution in [1.82, 2.24) is 10.4 Å². The Hall–Kier alpha value is -2.66. The highest BCUT2D eigenvalue weighted by atomic mass is 32.2. The number of hydrazone groups is 1. The van der Waals surface area contributed by atoms with Crippen molar-refractivity contribution in [2.75, 3.05) is 6.26 Å². The highest BCUT2D eigenvalue weighted by Gasteiger charge is 2.11. The Kier molecular flexibility index (Phi) is 5.14. The number of pyridine rings is 1. The van der Waals surface area contributed by atoms with Crippen molar-refractivity contribution in [3.8, 4) is 0 Å². The summed E-state index contributed by atoms with van der Waals surface area (Å²) in [5.74, 6) is -0.259. The summed E-state index contributed by atoms with van der Waals surface area (Å²) in [5, 5.41) is 5.00. The van der Waals surface area contributed by atoms with Gasteiger partial charge in [-0.3, -0.25) is 9.78 Å². The molecule has 0 aliphatic heterocycles. The molecule has 0 saturated heterocycles. The maximum absolute atomic E-state index is 12.4. The van der Waals surface area contributed by atoms with Crippen LogP contribution in [0.5, 0.6) is 0 Å². The number of fused-ring (bicyclic) bond motifs is 1. The zero-order valence-electron chi connectivity index (χ0n) is 14.4. The third-order valence-electron chi connectivity index (χ3n) is 3.98. The second-order valence-corrected chi connectivity index (χ2v) is 6.62. The molecular formula is C20H19N3OS. The molecular weight excluding hydrogens is 330 g/mol. The fourth-order valence-electron chi connectivity index (χ4n) is 2.58. The number of carbonyl (C=O) groups excluding carboxylic acids is 1. The first-order valence-electron chi connectivity index (χ1n) is 7.93. The Morgan fingerprint density at radius 1 is 1.16 bits per heavy atom. The average molecular weight is 349 g/mol. The first kappa shape index (κ1) is 17.2. The molecule has 5 heteroatoms. The molecule has 1 amide bonds. The zero-order chi connectivity index (χ0) is 17.8. The molecule has 2 aromatic carbocycles. The van der Waals surface area contributed by atoms with Gasteiger partial charge in [0.2, 0.25) is 0 Å². The van der Waals surface area contributed by atoms with Crippen LogP contribution >= 0.6 is 11.8 Å². The fourth-order valence-corrected chi connectivity index (χ4v) is 2.99. The highest BCUT2D eigenvalue weighted by molar-refractivity contribution is 7.98. The lowest BCUT2D eigenvalue weighted by atomic mass is 10.1. The number of carbonyl (C=O) groups is 1. The minimum absolute atomic E-state index is 0.259. The van der Waals surface area contributed by atoms with Crippen LogP contribution in [0.1, 0.15) is 27.2 Å². The Balaban J connectivity index is 1.77. The van der Waals surface area contributed by atoms with Gasteiger partial charge in [0.1, 0.15) is 0 Å². The van der Waals surface area contributed by atoms with Crippen molar-refractivity contribution in [2.45, 2.75) is 18.7 Å². The molecule has 1 heterocycles. The minimum atomic E-state index is -0.259. The molecule has 0 bridgehead atoms. The molecule has 0 atom stereocenters. The number of aryl methyl sites for hydroxylation is 2. The van der Waals surface area contributed by atoms with Crippen molar-refractivity contribution >= 4 is 34.8 Å². The van der Waals surface area contributed by atoms with Crippen molar-refractivity contribution in [3.05, 3.63) is 70.9 Å². The van der Waals surface area contributed by atoms with Crippen LogP contribution in [0.3, 0.4) is 0 Å². The van der Waals surface area contributed by atoms with Crippen LogP contribution < -0.4 is 5.43 Å². The van der Waals surface area contributed by atoms with Crippen LogP contribution in [-0.4, -0.2) is 23.4 Å². The largest absolute Gasteiger partial charge is 0.273 e. The molecule has 0 spiro atoms. The van der Waals surface area contributed by atoms with Gasteiger partial charge in [-0.1, -0.05) is 30.3 Å². The van der Waals surface area contributed by atoms with E-state index in [1.54, 1.807) is 18.0 Å². The lowest BCUT2D eigenvalue weighted by molar-refractivity contribution is 0.0954. The molecule has 0 fully saturated rings. The molecule has 0 aliphatic carbocycles. The summed E-state index contributed by atoms with van der Waals surface area (Å²) in [4.78, 5) is 18.2. The van der Waals surface area contributed by atoms with Gasteiger partial charge in [0.15, 0.2) is 0 Å². The van der Waals surface area contributed by atoms with Crippen LogP contribution in [0.25, 0.3) is 10.9 Å². The summed E-state index contributed by atoms with van der Waals surface area (Å²) in [7, 11) is 0. The number of thioether (sulfide) groups is 1. The van der Waals surface area contributed by atoms with E-state index in [1.807, 2.05) is 68.6 Å². The molecule has 3 rings (SSSR count). The highest BCUT2D eigenvalue weighted by Crippen LogP contribution is 2.19. The number of aromatic nitrogens is 1. The van der Waals surface area contributed by atoms with E-state index in [9.17, 15) is 4.79 Å². The molecule has 126 valence electrons. The molecule has 0 unspecified atom stereocenters. The predicted octanol–water partition coefficient (Wildman–Crippen LogP) is 4.34. The number of benzene rings is 2. The molecule has 3 aromatic rings. The zero-order valence-corrected chi connectivity index (χ0v) is 15.2. The first-order chi connectivity index (χ1) is 12.1. The number of nitrogens with zero attached hydrogens (tertiary/aromatic N) is 2. The summed E-state index contributed by atoms with van der Waals surface area (Å²) >= 11 is 1.69. The van der Waals surface area contributed by atoms with E-state index in [-0.39, 0.29) is 5.91 Å². The molecule has 0 saturated carbocycles. The van der Waals surface area contributed by atoms with Crippen molar-refractivity contribution < 1.29 is 4.79 Å². The third kappa shape index (κ3) is 3.88. The van der Waals surface area contributed by atoms with Gasteiger partial charge in [-0.25, -0.2) is 5.43 Å². The molecule has 4 nitrogen and oxygen atoms in total. The Labute approximate surface area is 151 Å². The van der Waals surface area contributed by atoms with E-state index in [1.165, 1.54) is 4.90 Å². The van der Waals surface area contributed by atoms with Gasteiger partial charge < -0.3 is 0 Å². The van der Waals surface area contributed by atoms with E-state index < -0.39 is 0 Å². The van der Waals surface area contributed by atoms with Crippen molar-refractivity contribution in [1.29, 1.82) is 0 Å². The van der Waals surface area contributed by atoms with Crippen LogP contribution in [0.2, 0.25) is 0 Å². The Morgan fingerprint density at radius 3 is 2.64 bits per heavy atom. The Morgan fingerprint density at radius 2 is 1.92 bits per heavy atom. The first-order valence-corrected chi connectivity index (χ1v) is 9.15. The van der Waals surface area contributed by atoms with E-state index in [4.69, 9.17) is 0 Å². The number of rotatable bonds is 4. The summed E-state index contributed by atoms with van der Waals surface area (Å²) in [6.45, 7) is 3.85. The molecule has 0 aliphatic rings. The molecule has 1 N–H and O–H groups in total. The number of nitrogens with one attached hydrogen (secondary N) is 1. The topological polar surface area (TPSA) is 54.4 Å².